The number of nitrogens with two attached hydrogens (primary N) is 1. The number of amides is 1. The maximum absolute atomic E-state index is 12.3. The van der Waals surface area contributed by atoms with E-state index in [1.54, 1.807) is 0 Å². The third kappa shape index (κ3) is 2.31. The quantitative estimate of drug-likeness (QED) is 0.799. The fraction of sp³-hybridized carbons (Fsp3) is 0.900. The summed E-state index contributed by atoms with van der Waals surface area (Å²) in [4.78, 5) is 12.9. The minimum atomic E-state index is -4.32. The number of carbonyl (C=O) groups excluding carboxylic acids is 1. The summed E-state index contributed by atoms with van der Waals surface area (Å²) in [6.07, 6.45) is -1.69. The van der Waals surface area contributed by atoms with Gasteiger partial charge in [0.1, 0.15) is 6.54 Å². The van der Waals surface area contributed by atoms with Gasteiger partial charge < -0.3 is 10.6 Å². The number of carbonyl (C=O) groups is 1. The summed E-state index contributed by atoms with van der Waals surface area (Å²) in [5.41, 5.74) is 4.79. The molecule has 2 aliphatic rings. The minimum absolute atomic E-state index is 0.160. The zero-order valence-electron chi connectivity index (χ0n) is 8.89. The summed E-state index contributed by atoms with van der Waals surface area (Å²) in [6, 6.07) is -0.210. The second-order valence-electron chi connectivity index (χ2n) is 4.76. The first kappa shape index (κ1) is 11.7. The van der Waals surface area contributed by atoms with Crippen LogP contribution in [-0.2, 0) is 4.79 Å². The second-order valence-corrected chi connectivity index (χ2v) is 4.76. The maximum atomic E-state index is 12.3. The van der Waals surface area contributed by atoms with Gasteiger partial charge >= 0.3 is 6.18 Å². The monoisotopic (exact) mass is 236 g/mol. The van der Waals surface area contributed by atoms with Gasteiger partial charge in [-0.05, 0) is 25.7 Å². The predicted octanol–water partition coefficient (Wildman–Crippen LogP) is 1.28. The summed E-state index contributed by atoms with van der Waals surface area (Å²) in [7, 11) is 0. The zero-order chi connectivity index (χ0) is 12.0. The molecule has 0 saturated heterocycles. The lowest BCUT2D eigenvalue weighted by Crippen LogP contribution is -2.46. The van der Waals surface area contributed by atoms with Crippen molar-refractivity contribution in [3.8, 4) is 0 Å². The van der Waals surface area contributed by atoms with Gasteiger partial charge in [0.2, 0.25) is 5.91 Å². The molecule has 2 fully saturated rings. The first-order valence-electron chi connectivity index (χ1n) is 5.46. The number of halogens is 3. The van der Waals surface area contributed by atoms with Crippen LogP contribution in [0.1, 0.15) is 25.7 Å². The van der Waals surface area contributed by atoms with Gasteiger partial charge in [0.05, 0.1) is 5.41 Å². The van der Waals surface area contributed by atoms with Crippen LogP contribution >= 0.6 is 0 Å². The van der Waals surface area contributed by atoms with E-state index in [2.05, 4.69) is 0 Å². The predicted molar refractivity (Wildman–Crippen MR) is 51.5 cm³/mol. The molecule has 2 aliphatic carbocycles. The fourth-order valence-corrected chi connectivity index (χ4v) is 1.91. The summed E-state index contributed by atoms with van der Waals surface area (Å²) in [5, 5.41) is 0. The van der Waals surface area contributed by atoms with E-state index in [0.29, 0.717) is 25.7 Å². The van der Waals surface area contributed by atoms with Crippen LogP contribution in [0.15, 0.2) is 0 Å². The summed E-state index contributed by atoms with van der Waals surface area (Å²) in [6.45, 7) is -0.967. The fourth-order valence-electron chi connectivity index (χ4n) is 1.91. The molecule has 3 nitrogen and oxygen atoms in total. The van der Waals surface area contributed by atoms with Crippen molar-refractivity contribution in [3.05, 3.63) is 0 Å². The van der Waals surface area contributed by atoms with Crippen LogP contribution in [0.5, 0.6) is 0 Å². The van der Waals surface area contributed by atoms with Crippen LogP contribution in [0.3, 0.4) is 0 Å². The molecule has 2 saturated carbocycles. The highest BCUT2D eigenvalue weighted by atomic mass is 19.4. The van der Waals surface area contributed by atoms with Crippen LogP contribution in [0, 0.1) is 5.41 Å². The molecule has 0 atom stereocenters. The molecule has 0 bridgehead atoms. The minimum Gasteiger partial charge on any atom is -0.330 e. The molecule has 0 unspecified atom stereocenters. The molecule has 0 radical (unpaired) electrons. The Morgan fingerprint density at radius 3 is 2.25 bits per heavy atom. The van der Waals surface area contributed by atoms with Crippen LogP contribution in [0.25, 0.3) is 0 Å². The number of alkyl halides is 3. The third-order valence-electron chi connectivity index (χ3n) is 3.30. The molecule has 0 aliphatic heterocycles. The molecule has 6 heteroatoms. The number of hydrogen-bond donors (Lipinski definition) is 1. The number of nitrogens with zero attached hydrogens (tertiary/aromatic N) is 1. The zero-order valence-corrected chi connectivity index (χ0v) is 8.89. The van der Waals surface area contributed by atoms with Crippen LogP contribution < -0.4 is 5.73 Å². The van der Waals surface area contributed by atoms with E-state index >= 15 is 0 Å². The van der Waals surface area contributed by atoms with E-state index in [0.717, 1.165) is 4.90 Å². The van der Waals surface area contributed by atoms with Crippen molar-refractivity contribution < 1.29 is 18.0 Å². The summed E-state index contributed by atoms with van der Waals surface area (Å²) < 4.78 is 37.0. The molecule has 2 N–H and O–H groups in total. The lowest BCUT2D eigenvalue weighted by Gasteiger charge is -2.27. The van der Waals surface area contributed by atoms with Crippen molar-refractivity contribution >= 4 is 5.91 Å². The van der Waals surface area contributed by atoms with Gasteiger partial charge in [0.15, 0.2) is 0 Å². The molecule has 2 rings (SSSR count). The summed E-state index contributed by atoms with van der Waals surface area (Å²) >= 11 is 0. The Balaban J connectivity index is 2.05. The average Bonchev–Trinajstić information content (AvgIpc) is 3.02. The van der Waals surface area contributed by atoms with Crippen LogP contribution in [-0.4, -0.2) is 36.1 Å². The number of rotatable bonds is 4. The molecule has 0 heterocycles. The highest BCUT2D eigenvalue weighted by Gasteiger charge is 2.54. The van der Waals surface area contributed by atoms with Crippen LogP contribution in [0.4, 0.5) is 13.2 Å². The van der Waals surface area contributed by atoms with Crippen molar-refractivity contribution in [2.45, 2.75) is 37.9 Å². The molecule has 92 valence electrons. The smallest absolute Gasteiger partial charge is 0.330 e. The van der Waals surface area contributed by atoms with Gasteiger partial charge in [-0.1, -0.05) is 0 Å². The van der Waals surface area contributed by atoms with Gasteiger partial charge in [-0.15, -0.1) is 0 Å². The molecular formula is C10H15F3N2O. The first-order chi connectivity index (χ1) is 7.38. The Kier molecular flexibility index (Phi) is 2.64. The van der Waals surface area contributed by atoms with E-state index in [9.17, 15) is 18.0 Å². The molecule has 0 spiro atoms. The molecular weight excluding hydrogens is 221 g/mol. The van der Waals surface area contributed by atoms with E-state index in [4.69, 9.17) is 5.73 Å². The van der Waals surface area contributed by atoms with Gasteiger partial charge in [0.25, 0.3) is 0 Å². The second kappa shape index (κ2) is 3.61. The Morgan fingerprint density at radius 1 is 1.38 bits per heavy atom. The van der Waals surface area contributed by atoms with Crippen molar-refractivity contribution in [2.24, 2.45) is 11.1 Å². The van der Waals surface area contributed by atoms with E-state index in [1.165, 1.54) is 0 Å². The Labute approximate surface area is 91.8 Å². The average molecular weight is 236 g/mol. The maximum Gasteiger partial charge on any atom is 0.406 e. The lowest BCUT2D eigenvalue weighted by molar-refractivity contribution is -0.165. The number of hydrogen-bond acceptors (Lipinski definition) is 2. The third-order valence-corrected chi connectivity index (χ3v) is 3.30. The molecule has 0 aromatic rings. The standard InChI is InChI=1S/C10H15F3N2O/c11-10(12,13)6-15(7-1-2-7)8(16)9(5-14)3-4-9/h7H,1-6,14H2. The van der Waals surface area contributed by atoms with E-state index in [1.807, 2.05) is 0 Å². The van der Waals surface area contributed by atoms with Gasteiger partial charge in [-0.2, -0.15) is 13.2 Å². The molecule has 0 aromatic heterocycles. The van der Waals surface area contributed by atoms with E-state index in [-0.39, 0.29) is 12.6 Å². The lowest BCUT2D eigenvalue weighted by atomic mass is 10.1. The largest absolute Gasteiger partial charge is 0.406 e. The first-order valence-corrected chi connectivity index (χ1v) is 5.46. The van der Waals surface area contributed by atoms with Crippen molar-refractivity contribution in [2.75, 3.05) is 13.1 Å². The molecule has 16 heavy (non-hydrogen) atoms. The van der Waals surface area contributed by atoms with Crippen molar-refractivity contribution in [1.82, 2.24) is 4.90 Å². The van der Waals surface area contributed by atoms with Gasteiger partial charge in [-0.3, -0.25) is 4.79 Å². The van der Waals surface area contributed by atoms with Crippen molar-refractivity contribution in [3.63, 3.8) is 0 Å². The molecule has 0 aromatic carbocycles. The van der Waals surface area contributed by atoms with Gasteiger partial charge in [-0.25, -0.2) is 0 Å². The van der Waals surface area contributed by atoms with Gasteiger partial charge in [0, 0.05) is 12.6 Å². The normalized spacial score (nSPS) is 23.0. The SMILES string of the molecule is NCC1(C(=O)N(CC(F)(F)F)C2CC2)CC1. The highest BCUT2D eigenvalue weighted by Crippen LogP contribution is 2.48. The molecule has 1 amide bonds. The Bertz CT molecular complexity index is 295. The van der Waals surface area contributed by atoms with Crippen molar-refractivity contribution in [1.29, 1.82) is 0 Å². The highest BCUT2D eigenvalue weighted by molar-refractivity contribution is 5.86. The topological polar surface area (TPSA) is 46.3 Å². The Morgan fingerprint density at radius 2 is 1.94 bits per heavy atom. The Hall–Kier alpha value is -0.780. The summed E-state index contributed by atoms with van der Waals surface area (Å²) in [5.74, 6) is -0.394. The van der Waals surface area contributed by atoms with Crippen LogP contribution in [0.2, 0.25) is 0 Å². The van der Waals surface area contributed by atoms with E-state index < -0.39 is 24.0 Å².